The largest absolute Gasteiger partial charge is 0.494 e. The van der Waals surface area contributed by atoms with Gasteiger partial charge in [-0.3, -0.25) is 4.79 Å². The highest BCUT2D eigenvalue weighted by Crippen LogP contribution is 2.33. The molecular formula is C40H65N3O3S. The van der Waals surface area contributed by atoms with Gasteiger partial charge in [-0.2, -0.15) is 0 Å². The van der Waals surface area contributed by atoms with Gasteiger partial charge < -0.3 is 19.7 Å². The van der Waals surface area contributed by atoms with Crippen molar-refractivity contribution in [2.45, 2.75) is 131 Å². The molecule has 0 spiro atoms. The minimum absolute atomic E-state index is 0.222. The average molecular weight is 668 g/mol. The fourth-order valence-corrected chi connectivity index (χ4v) is 6.07. The third-order valence-corrected chi connectivity index (χ3v) is 9.25. The van der Waals surface area contributed by atoms with Crippen LogP contribution in [0.5, 0.6) is 5.75 Å². The Kier molecular flexibility index (Phi) is 24.5. The smallest absolute Gasteiger partial charge is 0.207 e. The van der Waals surface area contributed by atoms with E-state index in [0.29, 0.717) is 6.61 Å². The Morgan fingerprint density at radius 2 is 1.62 bits per heavy atom. The minimum Gasteiger partial charge on any atom is -0.494 e. The number of benzene rings is 2. The van der Waals surface area contributed by atoms with Gasteiger partial charge in [-0.15, -0.1) is 11.3 Å². The van der Waals surface area contributed by atoms with Crippen LogP contribution in [-0.2, 0) is 29.0 Å². The maximum absolute atomic E-state index is 10.7. The van der Waals surface area contributed by atoms with Gasteiger partial charge >= 0.3 is 0 Å². The summed E-state index contributed by atoms with van der Waals surface area (Å²) in [6, 6.07) is 19.4. The summed E-state index contributed by atoms with van der Waals surface area (Å²) < 4.78 is 10.9. The fourth-order valence-electron chi connectivity index (χ4n) is 4.96. The number of ether oxygens (including phenoxy) is 2. The lowest BCUT2D eigenvalue weighted by atomic mass is 9.98. The summed E-state index contributed by atoms with van der Waals surface area (Å²) in [6.07, 6.45) is 12.6. The van der Waals surface area contributed by atoms with Crippen molar-refractivity contribution in [3.8, 4) is 16.3 Å². The molecule has 2 unspecified atom stereocenters. The Balaban J connectivity index is 0.000000477. The third-order valence-electron chi connectivity index (χ3n) is 8.05. The van der Waals surface area contributed by atoms with Crippen LogP contribution < -0.4 is 10.1 Å². The predicted octanol–water partition coefficient (Wildman–Crippen LogP) is 10.1. The second-order valence-corrected chi connectivity index (χ2v) is 12.9. The van der Waals surface area contributed by atoms with E-state index in [1.165, 1.54) is 55.5 Å². The van der Waals surface area contributed by atoms with Crippen LogP contribution >= 0.6 is 11.3 Å². The van der Waals surface area contributed by atoms with Crippen LogP contribution in [0.15, 0.2) is 54.6 Å². The molecular weight excluding hydrogens is 603 g/mol. The lowest BCUT2D eigenvalue weighted by Crippen LogP contribution is -2.33. The van der Waals surface area contributed by atoms with E-state index in [0.717, 1.165) is 73.3 Å². The van der Waals surface area contributed by atoms with Crippen LogP contribution in [-0.4, -0.2) is 55.2 Å². The van der Waals surface area contributed by atoms with Crippen molar-refractivity contribution in [2.24, 2.45) is 0 Å². The van der Waals surface area contributed by atoms with Crippen molar-refractivity contribution in [1.82, 2.24) is 15.2 Å². The number of carbonyl (C=O) groups excluding carboxylic acids is 1. The van der Waals surface area contributed by atoms with E-state index in [4.69, 9.17) is 14.5 Å². The summed E-state index contributed by atoms with van der Waals surface area (Å²) in [5.74, 6) is 0.926. The zero-order valence-corrected chi connectivity index (χ0v) is 31.7. The van der Waals surface area contributed by atoms with E-state index in [1.54, 1.807) is 18.4 Å². The van der Waals surface area contributed by atoms with E-state index in [-0.39, 0.29) is 6.04 Å². The zero-order chi connectivity index (χ0) is 34.7. The van der Waals surface area contributed by atoms with E-state index >= 15 is 0 Å². The molecule has 6 nitrogen and oxygen atoms in total. The SMILES string of the molecule is CC.CC1CCCN1CCCOc1ccc(-c2nc3c(s2)CCC(NC=O)C3)cc1.CCCC.CCCC.COCc1ccccc1. The Hall–Kier alpha value is -2.74. The summed E-state index contributed by atoms with van der Waals surface area (Å²) in [6.45, 7) is 18.9. The average Bonchev–Trinajstić information content (AvgIpc) is 3.74. The van der Waals surface area contributed by atoms with Gasteiger partial charge in [0.05, 0.1) is 18.9 Å². The van der Waals surface area contributed by atoms with Crippen LogP contribution in [0.1, 0.15) is 116 Å². The van der Waals surface area contributed by atoms with Crippen molar-refractivity contribution in [1.29, 1.82) is 0 Å². The first-order valence-electron chi connectivity index (χ1n) is 18.2. The number of rotatable bonds is 12. The molecule has 1 saturated heterocycles. The van der Waals surface area contributed by atoms with Gasteiger partial charge in [0.1, 0.15) is 10.8 Å². The predicted molar refractivity (Wildman–Crippen MR) is 203 cm³/mol. The number of amides is 1. The molecule has 2 aromatic carbocycles. The molecule has 1 N–H and O–H groups in total. The zero-order valence-electron chi connectivity index (χ0n) is 30.9. The van der Waals surface area contributed by atoms with Crippen LogP contribution in [0.25, 0.3) is 10.6 Å². The molecule has 0 bridgehead atoms. The lowest BCUT2D eigenvalue weighted by Gasteiger charge is -2.20. The van der Waals surface area contributed by atoms with Crippen molar-refractivity contribution in [2.75, 3.05) is 26.8 Å². The third kappa shape index (κ3) is 17.3. The first-order chi connectivity index (χ1) is 23.0. The molecule has 7 heteroatoms. The van der Waals surface area contributed by atoms with Crippen LogP contribution in [0.4, 0.5) is 0 Å². The molecule has 1 amide bonds. The standard InChI is InChI=1S/C22H29N3O2S.C8H10O.2C4H10.C2H6/c1-16-4-2-11-25(16)12-3-13-27-19-8-5-17(6-9-19)22-24-20-14-18(23-15-26)7-10-21(20)28-22;1-9-7-8-5-3-2-4-6-8;2*1-3-4-2;1-2/h5-6,8-9,15-16,18H,2-4,7,10-14H2,1H3,(H,23,26);2-6H,7H2,1H3;2*3-4H2,1-2H3;1-2H3. The van der Waals surface area contributed by atoms with Gasteiger partial charge in [-0.05, 0) is 75.4 Å². The molecule has 1 aromatic heterocycles. The van der Waals surface area contributed by atoms with Crippen LogP contribution in [0.3, 0.4) is 0 Å². The number of carbonyl (C=O) groups is 1. The lowest BCUT2D eigenvalue weighted by molar-refractivity contribution is -0.110. The van der Waals surface area contributed by atoms with Gasteiger partial charge in [-0.25, -0.2) is 4.98 Å². The molecule has 264 valence electrons. The number of unbranched alkanes of at least 4 members (excludes halogenated alkanes) is 2. The molecule has 1 aliphatic carbocycles. The first kappa shape index (κ1) is 42.3. The molecule has 3 aromatic rings. The van der Waals surface area contributed by atoms with Crippen molar-refractivity contribution in [3.63, 3.8) is 0 Å². The van der Waals surface area contributed by atoms with E-state index in [2.05, 4.69) is 57.0 Å². The molecule has 2 heterocycles. The number of nitrogens with zero attached hydrogens (tertiary/aromatic N) is 2. The second kappa shape index (κ2) is 27.2. The Morgan fingerprint density at radius 3 is 2.17 bits per heavy atom. The summed E-state index contributed by atoms with van der Waals surface area (Å²) >= 11 is 1.78. The Labute approximate surface area is 291 Å². The second-order valence-electron chi connectivity index (χ2n) is 11.8. The number of aromatic nitrogens is 1. The quantitative estimate of drug-likeness (QED) is 0.154. The molecule has 2 atom stereocenters. The van der Waals surface area contributed by atoms with E-state index < -0.39 is 0 Å². The monoisotopic (exact) mass is 667 g/mol. The maximum atomic E-state index is 10.7. The highest BCUT2D eigenvalue weighted by molar-refractivity contribution is 7.15. The fraction of sp³-hybridized carbons (Fsp3) is 0.600. The topological polar surface area (TPSA) is 63.7 Å². The highest BCUT2D eigenvalue weighted by Gasteiger charge is 2.22. The molecule has 0 saturated carbocycles. The molecule has 1 fully saturated rings. The van der Waals surface area contributed by atoms with Gasteiger partial charge in [0, 0.05) is 42.6 Å². The number of hydrogen-bond acceptors (Lipinski definition) is 6. The number of likely N-dealkylation sites (tertiary alicyclic amines) is 1. The van der Waals surface area contributed by atoms with Crippen molar-refractivity contribution < 1.29 is 14.3 Å². The maximum Gasteiger partial charge on any atom is 0.207 e. The molecule has 1 aliphatic heterocycles. The number of fused-ring (bicyclic) bond motifs is 1. The minimum atomic E-state index is 0.222. The number of aryl methyl sites for hydroxylation is 1. The number of hydrogen-bond donors (Lipinski definition) is 1. The summed E-state index contributed by atoms with van der Waals surface area (Å²) in [7, 11) is 1.70. The Bertz CT molecular complexity index is 1150. The molecule has 47 heavy (non-hydrogen) atoms. The normalized spacial score (nSPS) is 16.3. The summed E-state index contributed by atoms with van der Waals surface area (Å²) in [4.78, 5) is 19.4. The summed E-state index contributed by atoms with van der Waals surface area (Å²) in [5, 5.41) is 3.95. The van der Waals surface area contributed by atoms with Crippen molar-refractivity contribution >= 4 is 17.7 Å². The van der Waals surface area contributed by atoms with Gasteiger partial charge in [0.15, 0.2) is 0 Å². The van der Waals surface area contributed by atoms with E-state index in [1.807, 2.05) is 56.3 Å². The van der Waals surface area contributed by atoms with Gasteiger partial charge in [0.25, 0.3) is 0 Å². The van der Waals surface area contributed by atoms with Gasteiger partial charge in [-0.1, -0.05) is 97.6 Å². The van der Waals surface area contributed by atoms with Crippen LogP contribution in [0, 0.1) is 0 Å². The Morgan fingerprint density at radius 1 is 0.957 bits per heavy atom. The highest BCUT2D eigenvalue weighted by atomic mass is 32.1. The van der Waals surface area contributed by atoms with E-state index in [9.17, 15) is 4.79 Å². The number of nitrogens with one attached hydrogen (secondary N) is 1. The number of methoxy groups -OCH3 is 1. The van der Waals surface area contributed by atoms with Gasteiger partial charge in [0.2, 0.25) is 6.41 Å². The summed E-state index contributed by atoms with van der Waals surface area (Å²) in [5.41, 5.74) is 3.50. The first-order valence-corrected chi connectivity index (χ1v) is 19.0. The molecule has 0 radical (unpaired) electrons. The molecule has 5 rings (SSSR count). The van der Waals surface area contributed by atoms with Crippen LogP contribution in [0.2, 0.25) is 0 Å². The number of thiazole rings is 1. The molecule has 2 aliphatic rings. The van der Waals surface area contributed by atoms with Crippen molar-refractivity contribution in [3.05, 3.63) is 70.7 Å².